The van der Waals surface area contributed by atoms with Crippen molar-refractivity contribution in [2.75, 3.05) is 6.61 Å². The Morgan fingerprint density at radius 3 is 0.967 bits per heavy atom. The molecule has 0 radical (unpaired) electrons. The number of carbonyl (C=O) groups excluding carboxylic acids is 2. The van der Waals surface area contributed by atoms with Gasteiger partial charge in [-0.3, -0.25) is 0 Å². The molecule has 1 N–H and O–H groups in total. The summed E-state index contributed by atoms with van der Waals surface area (Å²) in [6.07, 6.45) is -6.91. The lowest BCUT2D eigenvalue weighted by Gasteiger charge is -2.48. The number of hydrogen-bond donors (Lipinski definition) is 1. The second-order valence-electron chi connectivity index (χ2n) is 23.4. The van der Waals surface area contributed by atoms with Crippen molar-refractivity contribution in [2.24, 2.45) is 0 Å². The number of hydrogen-bond acceptors (Lipinski definition) is 14. The summed E-state index contributed by atoms with van der Waals surface area (Å²) >= 11 is 0. The summed E-state index contributed by atoms with van der Waals surface area (Å²) in [6, 6.07) is 73.4. The van der Waals surface area contributed by atoms with E-state index in [1.807, 2.05) is 225 Å². The molecule has 90 heavy (non-hydrogen) atoms. The van der Waals surface area contributed by atoms with Crippen LogP contribution in [0.15, 0.2) is 237 Å². The molecule has 14 nitrogen and oxygen atoms in total. The number of rotatable bonds is 28. The summed E-state index contributed by atoms with van der Waals surface area (Å²) in [4.78, 5) is 31.3. The first-order chi connectivity index (χ1) is 43.8. The Morgan fingerprint density at radius 1 is 0.400 bits per heavy atom. The Balaban J connectivity index is 1.08. The molecule has 0 bridgehead atoms. The SMILES string of the molecule is CC(C)(C)[Si](C)(C)O[C@@H]1[C@@H](OC(=O)c2cc(OCc3ccccc3)c(OCc3ccccc3)c(OCc3ccccc3)c2)[C@H](OC(=O)c2cc(OCc3ccccc3)c(OCc3ccccc3)c(OCc3ccccc3)c2)[C@@H](OCc2ccccc2)O[C@H]1CO. The summed E-state index contributed by atoms with van der Waals surface area (Å²) in [6.45, 7) is 10.4. The Bertz CT molecular complexity index is 3560. The van der Waals surface area contributed by atoms with E-state index in [2.05, 4.69) is 20.8 Å². The van der Waals surface area contributed by atoms with Crippen molar-refractivity contribution in [2.45, 2.75) is 116 Å². The lowest BCUT2D eigenvalue weighted by molar-refractivity contribution is -0.299. The molecule has 9 aromatic carbocycles. The number of aliphatic hydroxyl groups excluding tert-OH is 1. The van der Waals surface area contributed by atoms with Gasteiger partial charge in [0.2, 0.25) is 11.5 Å². The van der Waals surface area contributed by atoms with E-state index in [1.165, 1.54) is 0 Å². The number of aliphatic hydroxyl groups is 1. The van der Waals surface area contributed by atoms with Gasteiger partial charge in [0.05, 0.1) is 24.3 Å². The van der Waals surface area contributed by atoms with Crippen LogP contribution < -0.4 is 28.4 Å². The van der Waals surface area contributed by atoms with Gasteiger partial charge in [-0.1, -0.05) is 233 Å². The minimum Gasteiger partial charge on any atom is -0.485 e. The van der Waals surface area contributed by atoms with Crippen LogP contribution in [-0.2, 0) is 69.6 Å². The zero-order chi connectivity index (χ0) is 62.7. The van der Waals surface area contributed by atoms with Crippen LogP contribution in [0, 0.1) is 0 Å². The van der Waals surface area contributed by atoms with Crippen LogP contribution in [0.3, 0.4) is 0 Å². The highest BCUT2D eigenvalue weighted by molar-refractivity contribution is 6.74. The van der Waals surface area contributed by atoms with Gasteiger partial charge in [-0.25, -0.2) is 9.59 Å². The predicted octanol–water partition coefficient (Wildman–Crippen LogP) is 15.2. The van der Waals surface area contributed by atoms with Crippen LogP contribution in [-0.4, -0.2) is 62.7 Å². The number of carbonyl (C=O) groups is 2. The van der Waals surface area contributed by atoms with E-state index >= 15 is 9.59 Å². The topological polar surface area (TPSA) is 156 Å². The molecule has 0 unspecified atom stereocenters. The minimum absolute atomic E-state index is 0.00211. The van der Waals surface area contributed by atoms with Crippen LogP contribution in [0.1, 0.15) is 80.4 Å². The average molecular weight is 1230 g/mol. The molecule has 1 fully saturated rings. The minimum atomic E-state index is -2.89. The van der Waals surface area contributed by atoms with Gasteiger partial charge in [0.1, 0.15) is 51.8 Å². The van der Waals surface area contributed by atoms with Gasteiger partial charge < -0.3 is 56.9 Å². The standard InChI is InChI=1S/C75H76O14Si/c1-75(2,3)90(4,5)89-69-66(45-76)86-74(85-52-59-39-25-12-26-40-59)71(88-73(78)61-43-64(81-48-55-31-17-8-18-32-55)68(84-51-58-37-23-11-24-38-58)65(44-61)82-49-56-33-19-9-20-34-56)70(69)87-72(77)60-41-62(79-46-53-27-13-6-14-28-53)67(83-50-57-35-21-10-22-36-57)63(42-60)80-47-54-29-15-7-16-30-54/h6-44,66,69-71,74,76H,45-52H2,1-5H3/t66-,69-,70+,71-,74-/m0/s1. The molecule has 0 aromatic heterocycles. The summed E-state index contributed by atoms with van der Waals surface area (Å²) in [5, 5.41) is 11.0. The van der Waals surface area contributed by atoms with E-state index in [1.54, 1.807) is 24.3 Å². The summed E-state index contributed by atoms with van der Waals surface area (Å²) in [7, 11) is -2.89. The first-order valence-electron chi connectivity index (χ1n) is 30.1. The molecule has 5 atom stereocenters. The molecule has 0 amide bonds. The molecule has 0 spiro atoms. The third kappa shape index (κ3) is 17.3. The predicted molar refractivity (Wildman–Crippen MR) is 345 cm³/mol. The summed E-state index contributed by atoms with van der Waals surface area (Å²) < 4.78 is 73.7. The van der Waals surface area contributed by atoms with Gasteiger partial charge in [-0.05, 0) is 81.3 Å². The molecule has 1 heterocycles. The van der Waals surface area contributed by atoms with Crippen molar-refractivity contribution >= 4 is 20.3 Å². The molecule has 0 saturated carbocycles. The van der Waals surface area contributed by atoms with Crippen LogP contribution in [0.4, 0.5) is 0 Å². The molecular formula is C75H76O14Si. The highest BCUT2D eigenvalue weighted by atomic mass is 28.4. The highest BCUT2D eigenvalue weighted by Gasteiger charge is 2.54. The molecular weight excluding hydrogens is 1150 g/mol. The van der Waals surface area contributed by atoms with E-state index < -0.39 is 62.6 Å². The van der Waals surface area contributed by atoms with E-state index in [-0.39, 0.29) is 91.9 Å². The molecule has 464 valence electrons. The normalized spacial score (nSPS) is 16.5. The van der Waals surface area contributed by atoms with Crippen molar-refractivity contribution in [3.63, 3.8) is 0 Å². The molecule has 9 aromatic rings. The van der Waals surface area contributed by atoms with Crippen molar-refractivity contribution in [1.82, 2.24) is 0 Å². The van der Waals surface area contributed by atoms with Gasteiger partial charge in [-0.2, -0.15) is 0 Å². The van der Waals surface area contributed by atoms with Crippen LogP contribution in [0.2, 0.25) is 18.1 Å². The van der Waals surface area contributed by atoms with E-state index in [4.69, 9.17) is 51.8 Å². The lowest BCUT2D eigenvalue weighted by Crippen LogP contribution is -2.65. The van der Waals surface area contributed by atoms with Crippen LogP contribution in [0.25, 0.3) is 0 Å². The lowest BCUT2D eigenvalue weighted by atomic mass is 9.98. The van der Waals surface area contributed by atoms with Gasteiger partial charge in [0.25, 0.3) is 0 Å². The van der Waals surface area contributed by atoms with Crippen molar-refractivity contribution in [3.05, 3.63) is 287 Å². The van der Waals surface area contributed by atoms with E-state index in [0.717, 1.165) is 38.9 Å². The molecule has 10 rings (SSSR count). The van der Waals surface area contributed by atoms with Crippen LogP contribution >= 0.6 is 0 Å². The Hall–Kier alpha value is -9.22. The zero-order valence-electron chi connectivity index (χ0n) is 51.3. The largest absolute Gasteiger partial charge is 0.485 e. The van der Waals surface area contributed by atoms with Gasteiger partial charge >= 0.3 is 11.9 Å². The first kappa shape index (κ1) is 63.8. The Morgan fingerprint density at radius 2 is 0.678 bits per heavy atom. The van der Waals surface area contributed by atoms with Crippen molar-refractivity contribution in [3.8, 4) is 34.5 Å². The highest BCUT2D eigenvalue weighted by Crippen LogP contribution is 2.45. The maximum absolute atomic E-state index is 15.7. The molecule has 15 heteroatoms. The van der Waals surface area contributed by atoms with Crippen LogP contribution in [0.5, 0.6) is 34.5 Å². The molecule has 1 aliphatic heterocycles. The molecule has 0 aliphatic carbocycles. The van der Waals surface area contributed by atoms with Gasteiger partial charge in [0, 0.05) is 0 Å². The summed E-state index contributed by atoms with van der Waals surface area (Å²) in [5.41, 5.74) is 5.99. The Labute approximate surface area is 527 Å². The summed E-state index contributed by atoms with van der Waals surface area (Å²) in [5.74, 6) is -0.476. The fourth-order valence-electron chi connectivity index (χ4n) is 9.72. The number of esters is 2. The third-order valence-corrected chi connectivity index (χ3v) is 20.1. The van der Waals surface area contributed by atoms with Crippen molar-refractivity contribution in [1.29, 1.82) is 0 Å². The third-order valence-electron chi connectivity index (χ3n) is 15.7. The fourth-order valence-corrected chi connectivity index (χ4v) is 11.0. The first-order valence-corrected chi connectivity index (χ1v) is 33.1. The number of benzene rings is 9. The van der Waals surface area contributed by atoms with Gasteiger partial charge in [0.15, 0.2) is 49.8 Å². The second kappa shape index (κ2) is 30.8. The monoisotopic (exact) mass is 1230 g/mol. The van der Waals surface area contributed by atoms with Crippen molar-refractivity contribution < 1.29 is 66.5 Å². The maximum atomic E-state index is 15.7. The fraction of sp³-hybridized carbons (Fsp3) is 0.253. The smallest absolute Gasteiger partial charge is 0.339 e. The van der Waals surface area contributed by atoms with E-state index in [0.29, 0.717) is 0 Å². The quantitative estimate of drug-likeness (QED) is 0.0365. The second-order valence-corrected chi connectivity index (χ2v) is 28.1. The molecule has 1 saturated heterocycles. The van der Waals surface area contributed by atoms with Gasteiger partial charge in [-0.15, -0.1) is 0 Å². The average Bonchev–Trinajstić information content (AvgIpc) is 0.806. The zero-order valence-corrected chi connectivity index (χ0v) is 52.3. The Kier molecular flexibility index (Phi) is 21.8. The van der Waals surface area contributed by atoms with E-state index in [9.17, 15) is 5.11 Å². The molecule has 1 aliphatic rings. The number of ether oxygens (including phenoxy) is 10. The maximum Gasteiger partial charge on any atom is 0.339 e.